The first-order valence-electron chi connectivity index (χ1n) is 8.37. The molecule has 0 aliphatic carbocycles. The van der Waals surface area contributed by atoms with Crippen LogP contribution in [0.3, 0.4) is 0 Å². The minimum Gasteiger partial charge on any atom is -0.459 e. The van der Waals surface area contributed by atoms with Crippen LogP contribution in [0.1, 0.15) is 26.5 Å². The van der Waals surface area contributed by atoms with Crippen molar-refractivity contribution in [3.8, 4) is 0 Å². The number of ether oxygens (including phenoxy) is 1. The summed E-state index contributed by atoms with van der Waals surface area (Å²) in [6, 6.07) is 3.16. The van der Waals surface area contributed by atoms with Crippen LogP contribution in [0.4, 0.5) is 0 Å². The van der Waals surface area contributed by atoms with Crippen LogP contribution in [-0.4, -0.2) is 71.2 Å². The fraction of sp³-hybridized carbons (Fsp3) is 0.556. The average Bonchev–Trinajstić information content (AvgIpc) is 3.08. The third-order valence-corrected chi connectivity index (χ3v) is 4.35. The number of furan rings is 1. The average molecular weight is 429 g/mol. The van der Waals surface area contributed by atoms with Crippen molar-refractivity contribution in [2.24, 2.45) is 0 Å². The molecule has 0 radical (unpaired) electrons. The molecule has 0 spiro atoms. The first-order valence-corrected chi connectivity index (χ1v) is 9.17. The van der Waals surface area contributed by atoms with Crippen molar-refractivity contribution in [3.05, 3.63) is 28.6 Å². The Morgan fingerprint density at radius 1 is 1.42 bits per heavy atom. The summed E-state index contributed by atoms with van der Waals surface area (Å²) >= 11 is 3.20. The number of hydrogen-bond donors (Lipinski definition) is 1. The van der Waals surface area contributed by atoms with Gasteiger partial charge in [0.05, 0.1) is 18.7 Å². The highest BCUT2D eigenvalue weighted by Gasteiger charge is 2.36. The van der Waals surface area contributed by atoms with Gasteiger partial charge in [0.25, 0.3) is 0 Å². The number of nitrogens with zero attached hydrogens (tertiary/aromatic N) is 2. The highest BCUT2D eigenvalue weighted by molar-refractivity contribution is 9.10. The van der Waals surface area contributed by atoms with Crippen LogP contribution >= 0.6 is 15.9 Å². The number of carbonyl (C=O) groups excluding carboxylic acids is 2. The zero-order chi connectivity index (χ0) is 19.5. The van der Waals surface area contributed by atoms with Crippen LogP contribution in [0.5, 0.6) is 0 Å². The second-order valence-electron chi connectivity index (χ2n) is 7.35. The molecule has 1 N–H and O–H groups in total. The van der Waals surface area contributed by atoms with Gasteiger partial charge in [0, 0.05) is 19.2 Å². The molecule has 1 aromatic heterocycles. The third kappa shape index (κ3) is 5.96. The van der Waals surface area contributed by atoms with Crippen molar-refractivity contribution in [2.75, 3.05) is 26.7 Å². The summed E-state index contributed by atoms with van der Waals surface area (Å²) in [5.41, 5.74) is -0.556. The van der Waals surface area contributed by atoms with Crippen LogP contribution in [-0.2, 0) is 14.3 Å². The molecular formula is C18H25BrN2O5. The summed E-state index contributed by atoms with van der Waals surface area (Å²) in [5.74, 6) is -0.0198. The first-order chi connectivity index (χ1) is 12.0. The van der Waals surface area contributed by atoms with Gasteiger partial charge < -0.3 is 19.2 Å². The molecule has 0 bridgehead atoms. The molecule has 0 saturated carbocycles. The van der Waals surface area contributed by atoms with E-state index in [1.54, 1.807) is 55.8 Å². The van der Waals surface area contributed by atoms with Crippen LogP contribution in [0.25, 0.3) is 6.08 Å². The van der Waals surface area contributed by atoms with E-state index in [0.717, 1.165) is 0 Å². The maximum Gasteiger partial charge on any atom is 0.320 e. The maximum atomic E-state index is 12.3. The van der Waals surface area contributed by atoms with Gasteiger partial charge in [-0.25, -0.2) is 0 Å². The highest BCUT2D eigenvalue weighted by atomic mass is 79.9. The van der Waals surface area contributed by atoms with E-state index in [0.29, 0.717) is 17.0 Å². The quantitative estimate of drug-likeness (QED) is 0.569. The minimum atomic E-state index is -0.724. The molecule has 26 heavy (non-hydrogen) atoms. The lowest BCUT2D eigenvalue weighted by atomic mass is 10.2. The van der Waals surface area contributed by atoms with Crippen molar-refractivity contribution in [1.82, 2.24) is 9.80 Å². The van der Waals surface area contributed by atoms with E-state index >= 15 is 0 Å². The van der Waals surface area contributed by atoms with E-state index in [9.17, 15) is 14.7 Å². The Bertz CT molecular complexity index is 679. The van der Waals surface area contributed by atoms with Gasteiger partial charge in [0.2, 0.25) is 5.91 Å². The number of aliphatic hydroxyl groups is 1. The lowest BCUT2D eigenvalue weighted by molar-refractivity contribution is -0.156. The second kappa shape index (κ2) is 8.37. The summed E-state index contributed by atoms with van der Waals surface area (Å²) < 4.78 is 11.2. The van der Waals surface area contributed by atoms with E-state index in [2.05, 4.69) is 15.9 Å². The number of hydrogen-bond acceptors (Lipinski definition) is 6. The SMILES string of the molecule is CN(CC(=O)OC(C)(C)C)C1CN(C(=O)C=Cc2ccc(Br)o2)C[C@H]1O. The van der Waals surface area contributed by atoms with E-state index in [1.807, 2.05) is 0 Å². The van der Waals surface area contributed by atoms with Crippen molar-refractivity contribution in [3.63, 3.8) is 0 Å². The number of halogens is 1. The summed E-state index contributed by atoms with van der Waals surface area (Å²) in [5, 5.41) is 10.3. The molecule has 0 aromatic carbocycles. The van der Waals surface area contributed by atoms with Gasteiger partial charge in [-0.05, 0) is 62.0 Å². The zero-order valence-corrected chi connectivity index (χ0v) is 17.0. The number of amides is 1. The minimum absolute atomic E-state index is 0.0529. The topological polar surface area (TPSA) is 83.2 Å². The van der Waals surface area contributed by atoms with Crippen molar-refractivity contribution in [1.29, 1.82) is 0 Å². The lowest BCUT2D eigenvalue weighted by Gasteiger charge is -2.27. The highest BCUT2D eigenvalue weighted by Crippen LogP contribution is 2.18. The van der Waals surface area contributed by atoms with E-state index in [-0.39, 0.29) is 31.0 Å². The van der Waals surface area contributed by atoms with Gasteiger partial charge in [-0.2, -0.15) is 0 Å². The summed E-state index contributed by atoms with van der Waals surface area (Å²) in [4.78, 5) is 27.5. The zero-order valence-electron chi connectivity index (χ0n) is 15.4. The van der Waals surface area contributed by atoms with E-state index < -0.39 is 11.7 Å². The molecule has 1 unspecified atom stereocenters. The Morgan fingerprint density at radius 3 is 2.69 bits per heavy atom. The Morgan fingerprint density at radius 2 is 2.12 bits per heavy atom. The molecule has 1 aliphatic heterocycles. The number of carbonyl (C=O) groups is 2. The number of esters is 1. The first kappa shape index (κ1) is 20.7. The second-order valence-corrected chi connectivity index (χ2v) is 8.14. The van der Waals surface area contributed by atoms with Crippen LogP contribution in [0, 0.1) is 0 Å². The van der Waals surface area contributed by atoms with Crippen molar-refractivity contribution >= 4 is 33.9 Å². The van der Waals surface area contributed by atoms with Crippen LogP contribution < -0.4 is 0 Å². The van der Waals surface area contributed by atoms with E-state index in [1.165, 1.54) is 6.08 Å². The van der Waals surface area contributed by atoms with Gasteiger partial charge in [-0.15, -0.1) is 0 Å². The Labute approximate surface area is 161 Å². The fourth-order valence-corrected chi connectivity index (χ4v) is 3.07. The molecule has 7 nitrogen and oxygen atoms in total. The molecule has 1 saturated heterocycles. The third-order valence-electron chi connectivity index (χ3n) is 3.92. The standard InChI is InChI=1S/C18H25BrN2O5/c1-18(2,3)26-17(24)11-20(4)13-9-21(10-14(13)22)16(23)8-6-12-5-7-15(19)25-12/h5-8,13-14,22H,9-11H2,1-4H3/t13?,14-/m1/s1. The monoisotopic (exact) mass is 428 g/mol. The predicted molar refractivity (Wildman–Crippen MR) is 100 cm³/mol. The lowest BCUT2D eigenvalue weighted by Crippen LogP contribution is -2.44. The molecule has 1 amide bonds. The number of likely N-dealkylation sites (N-methyl/N-ethyl adjacent to an activating group) is 1. The fourth-order valence-electron chi connectivity index (χ4n) is 2.75. The predicted octanol–water partition coefficient (Wildman–Crippen LogP) is 1.90. The molecule has 144 valence electrons. The van der Waals surface area contributed by atoms with Gasteiger partial charge in [0.15, 0.2) is 4.67 Å². The van der Waals surface area contributed by atoms with Gasteiger partial charge in [-0.1, -0.05) is 0 Å². The molecule has 1 fully saturated rings. The van der Waals surface area contributed by atoms with Gasteiger partial charge in [0.1, 0.15) is 11.4 Å². The molecule has 8 heteroatoms. The van der Waals surface area contributed by atoms with Gasteiger partial charge in [-0.3, -0.25) is 14.5 Å². The molecule has 1 aliphatic rings. The molecule has 2 rings (SSSR count). The number of likely N-dealkylation sites (tertiary alicyclic amines) is 1. The Hall–Kier alpha value is -1.64. The maximum absolute atomic E-state index is 12.3. The van der Waals surface area contributed by atoms with Crippen LogP contribution in [0.2, 0.25) is 0 Å². The summed E-state index contributed by atoms with van der Waals surface area (Å²) in [7, 11) is 1.74. The Kier molecular flexibility index (Phi) is 6.65. The number of aliphatic hydroxyl groups excluding tert-OH is 1. The largest absolute Gasteiger partial charge is 0.459 e. The normalized spacial score (nSPS) is 21.0. The van der Waals surface area contributed by atoms with Crippen molar-refractivity contribution < 1.29 is 23.8 Å². The Balaban J connectivity index is 1.90. The smallest absolute Gasteiger partial charge is 0.320 e. The number of β-amino-alcohol motifs (C(OH)–C–C–N with tert-alkyl or cyclic N) is 1. The molecule has 2 heterocycles. The molecular weight excluding hydrogens is 404 g/mol. The molecule has 2 atom stereocenters. The summed E-state index contributed by atoms with van der Waals surface area (Å²) in [6.07, 6.45) is 2.27. The number of rotatable bonds is 5. The van der Waals surface area contributed by atoms with E-state index in [4.69, 9.17) is 9.15 Å². The van der Waals surface area contributed by atoms with Crippen molar-refractivity contribution in [2.45, 2.75) is 38.5 Å². The molecule has 1 aromatic rings. The van der Waals surface area contributed by atoms with Crippen LogP contribution in [0.15, 0.2) is 27.3 Å². The summed E-state index contributed by atoms with van der Waals surface area (Å²) in [6.45, 7) is 6.02. The van der Waals surface area contributed by atoms with Gasteiger partial charge >= 0.3 is 5.97 Å².